The SMILES string of the molecule is COc1ccc(Cn2c(-c3ccccc3)nc3sc(N4CCC[C@@H]4C(=O)NCc4ccccc4)nc3c2=O)c(OC)c1. The third-order valence-corrected chi connectivity index (χ3v) is 8.46. The molecule has 1 aliphatic rings. The molecule has 0 saturated carbocycles. The zero-order valence-corrected chi connectivity index (χ0v) is 24.3. The summed E-state index contributed by atoms with van der Waals surface area (Å²) in [6, 6.07) is 24.7. The summed E-state index contributed by atoms with van der Waals surface area (Å²) in [6.07, 6.45) is 1.59. The second-order valence-corrected chi connectivity index (χ2v) is 11.0. The fourth-order valence-corrected chi connectivity index (χ4v) is 6.31. The second-order valence-electron chi connectivity index (χ2n) is 10.1. The van der Waals surface area contributed by atoms with E-state index in [1.54, 1.807) is 24.9 Å². The molecule has 0 bridgehead atoms. The maximum absolute atomic E-state index is 14.1. The highest BCUT2D eigenvalue weighted by atomic mass is 32.1. The number of hydrogen-bond acceptors (Lipinski definition) is 8. The number of carbonyl (C=O) groups is 1. The molecule has 1 amide bonds. The number of aromatic nitrogens is 3. The molecule has 3 aromatic carbocycles. The number of amides is 1. The summed E-state index contributed by atoms with van der Waals surface area (Å²) in [5, 5.41) is 3.70. The predicted octanol–water partition coefficient (Wildman–Crippen LogP) is 4.87. The number of hydrogen-bond donors (Lipinski definition) is 1. The van der Waals surface area contributed by atoms with Gasteiger partial charge < -0.3 is 19.7 Å². The fraction of sp³-hybridized carbons (Fsp3) is 0.250. The minimum absolute atomic E-state index is 0.0439. The first-order valence-corrected chi connectivity index (χ1v) is 14.6. The number of anilines is 1. The van der Waals surface area contributed by atoms with E-state index in [4.69, 9.17) is 19.4 Å². The number of rotatable bonds is 9. The summed E-state index contributed by atoms with van der Waals surface area (Å²) in [6.45, 7) is 1.39. The molecule has 10 heteroatoms. The molecule has 0 unspecified atom stereocenters. The first kappa shape index (κ1) is 27.5. The molecular formula is C32H31N5O4S. The third-order valence-electron chi connectivity index (χ3n) is 7.47. The molecule has 3 heterocycles. The van der Waals surface area contributed by atoms with Crippen LogP contribution in [0.2, 0.25) is 0 Å². The molecule has 1 saturated heterocycles. The Bertz CT molecular complexity index is 1770. The standard InChI is InChI=1S/C32H31N5O4S/c1-40-24-16-15-23(26(18-24)41-2)20-37-28(22-12-7-4-8-13-22)35-30-27(31(37)39)34-32(42-30)36-17-9-14-25(36)29(38)33-19-21-10-5-3-6-11-21/h3-8,10-13,15-16,18,25H,9,14,17,19-20H2,1-2H3,(H,33,38)/t25-/m1/s1. The average Bonchev–Trinajstić information content (AvgIpc) is 3.70. The third kappa shape index (κ3) is 5.45. The maximum atomic E-state index is 14.1. The van der Waals surface area contributed by atoms with Gasteiger partial charge in [0.05, 0.1) is 20.8 Å². The average molecular weight is 582 g/mol. The van der Waals surface area contributed by atoms with Gasteiger partial charge in [-0.05, 0) is 30.5 Å². The number of methoxy groups -OCH3 is 2. The zero-order chi connectivity index (χ0) is 29.1. The molecular weight excluding hydrogens is 550 g/mol. The molecule has 5 aromatic rings. The van der Waals surface area contributed by atoms with Gasteiger partial charge in [0.25, 0.3) is 5.56 Å². The number of carbonyl (C=O) groups excluding carboxylic acids is 1. The number of thiazole rings is 1. The van der Waals surface area contributed by atoms with E-state index in [1.165, 1.54) is 11.3 Å². The topological polar surface area (TPSA) is 98.6 Å². The molecule has 6 rings (SSSR count). The van der Waals surface area contributed by atoms with Gasteiger partial charge in [0, 0.05) is 30.3 Å². The van der Waals surface area contributed by atoms with Crippen LogP contribution in [0.15, 0.2) is 83.7 Å². The number of nitrogens with one attached hydrogen (secondary N) is 1. The first-order valence-electron chi connectivity index (χ1n) is 13.8. The predicted molar refractivity (Wildman–Crippen MR) is 164 cm³/mol. The molecule has 1 N–H and O–H groups in total. The van der Waals surface area contributed by atoms with Gasteiger partial charge in [0.2, 0.25) is 5.91 Å². The van der Waals surface area contributed by atoms with Crippen molar-refractivity contribution in [3.8, 4) is 22.9 Å². The summed E-state index contributed by atoms with van der Waals surface area (Å²) >= 11 is 1.35. The Labute approximate surface area is 247 Å². The van der Waals surface area contributed by atoms with E-state index >= 15 is 0 Å². The maximum Gasteiger partial charge on any atom is 0.281 e. The molecule has 1 atom stereocenters. The van der Waals surface area contributed by atoms with Crippen LogP contribution in [0.5, 0.6) is 11.5 Å². The van der Waals surface area contributed by atoms with Gasteiger partial charge in [0.1, 0.15) is 23.4 Å². The van der Waals surface area contributed by atoms with Gasteiger partial charge in [0.15, 0.2) is 15.5 Å². The molecule has 214 valence electrons. The van der Waals surface area contributed by atoms with E-state index < -0.39 is 0 Å². The van der Waals surface area contributed by atoms with Gasteiger partial charge in [-0.3, -0.25) is 14.2 Å². The summed E-state index contributed by atoms with van der Waals surface area (Å²) in [5.74, 6) is 1.77. The van der Waals surface area contributed by atoms with Crippen molar-refractivity contribution in [1.82, 2.24) is 19.9 Å². The van der Waals surface area contributed by atoms with E-state index in [2.05, 4.69) is 5.32 Å². The highest BCUT2D eigenvalue weighted by Gasteiger charge is 2.33. The lowest BCUT2D eigenvalue weighted by Gasteiger charge is -2.23. The van der Waals surface area contributed by atoms with Gasteiger partial charge in [-0.1, -0.05) is 72.0 Å². The monoisotopic (exact) mass is 581 g/mol. The van der Waals surface area contributed by atoms with Crippen LogP contribution in [0, 0.1) is 0 Å². The van der Waals surface area contributed by atoms with Gasteiger partial charge in [-0.15, -0.1) is 0 Å². The van der Waals surface area contributed by atoms with Crippen LogP contribution in [0.25, 0.3) is 21.7 Å². The largest absolute Gasteiger partial charge is 0.497 e. The lowest BCUT2D eigenvalue weighted by Crippen LogP contribution is -2.43. The van der Waals surface area contributed by atoms with E-state index in [-0.39, 0.29) is 29.6 Å². The molecule has 0 spiro atoms. The summed E-state index contributed by atoms with van der Waals surface area (Å²) in [7, 11) is 3.19. The number of ether oxygens (including phenoxy) is 2. The minimum Gasteiger partial charge on any atom is -0.497 e. The van der Waals surface area contributed by atoms with Crippen molar-refractivity contribution < 1.29 is 14.3 Å². The van der Waals surface area contributed by atoms with Crippen LogP contribution in [0.3, 0.4) is 0 Å². The van der Waals surface area contributed by atoms with Crippen LogP contribution < -0.4 is 25.2 Å². The molecule has 1 fully saturated rings. The highest BCUT2D eigenvalue weighted by Crippen LogP contribution is 2.33. The summed E-state index contributed by atoms with van der Waals surface area (Å²) in [4.78, 5) is 39.5. The minimum atomic E-state index is -0.353. The lowest BCUT2D eigenvalue weighted by atomic mass is 10.1. The van der Waals surface area contributed by atoms with E-state index in [0.29, 0.717) is 40.4 Å². The van der Waals surface area contributed by atoms with Crippen LogP contribution in [-0.4, -0.2) is 47.2 Å². The van der Waals surface area contributed by atoms with Gasteiger partial charge >= 0.3 is 0 Å². The van der Waals surface area contributed by atoms with Crippen LogP contribution >= 0.6 is 11.3 Å². The van der Waals surface area contributed by atoms with Crippen LogP contribution in [0.1, 0.15) is 24.0 Å². The van der Waals surface area contributed by atoms with Crippen molar-refractivity contribution >= 4 is 32.7 Å². The summed E-state index contributed by atoms with van der Waals surface area (Å²) < 4.78 is 12.6. The van der Waals surface area contributed by atoms with Crippen molar-refractivity contribution in [2.24, 2.45) is 0 Å². The molecule has 1 aliphatic heterocycles. The second kappa shape index (κ2) is 12.0. The molecule has 0 radical (unpaired) electrons. The molecule has 42 heavy (non-hydrogen) atoms. The van der Waals surface area contributed by atoms with E-state index in [0.717, 1.165) is 29.5 Å². The zero-order valence-electron chi connectivity index (χ0n) is 23.4. The number of benzene rings is 3. The van der Waals surface area contributed by atoms with Crippen molar-refractivity contribution in [3.05, 3.63) is 100 Å². The first-order chi connectivity index (χ1) is 20.6. The smallest absolute Gasteiger partial charge is 0.281 e. The normalized spacial score (nSPS) is 14.7. The highest BCUT2D eigenvalue weighted by molar-refractivity contribution is 7.21. The lowest BCUT2D eigenvalue weighted by molar-refractivity contribution is -0.122. The molecule has 9 nitrogen and oxygen atoms in total. The Hall–Kier alpha value is -4.70. The van der Waals surface area contributed by atoms with Gasteiger partial charge in [-0.2, -0.15) is 0 Å². The van der Waals surface area contributed by atoms with Gasteiger partial charge in [-0.25, -0.2) is 9.97 Å². The van der Waals surface area contributed by atoms with Crippen molar-refractivity contribution in [2.75, 3.05) is 25.7 Å². The quantitative estimate of drug-likeness (QED) is 0.265. The Morgan fingerprint density at radius 2 is 1.76 bits per heavy atom. The van der Waals surface area contributed by atoms with Crippen molar-refractivity contribution in [3.63, 3.8) is 0 Å². The fourth-order valence-electron chi connectivity index (χ4n) is 5.30. The Morgan fingerprint density at radius 1 is 1.00 bits per heavy atom. The van der Waals surface area contributed by atoms with Crippen LogP contribution in [-0.2, 0) is 17.9 Å². The Morgan fingerprint density at radius 3 is 2.50 bits per heavy atom. The Kier molecular flexibility index (Phi) is 7.87. The van der Waals surface area contributed by atoms with E-state index in [9.17, 15) is 9.59 Å². The molecule has 2 aromatic heterocycles. The van der Waals surface area contributed by atoms with Crippen molar-refractivity contribution in [1.29, 1.82) is 0 Å². The van der Waals surface area contributed by atoms with E-state index in [1.807, 2.05) is 77.7 Å². The van der Waals surface area contributed by atoms with Crippen LogP contribution in [0.4, 0.5) is 5.13 Å². The number of fused-ring (bicyclic) bond motifs is 1. The molecule has 0 aliphatic carbocycles. The summed E-state index contributed by atoms with van der Waals surface area (Å²) in [5.41, 5.74) is 2.71. The Balaban J connectivity index is 1.36. The number of nitrogens with zero attached hydrogens (tertiary/aromatic N) is 4. The van der Waals surface area contributed by atoms with Crippen molar-refractivity contribution in [2.45, 2.75) is 32.0 Å².